The van der Waals surface area contributed by atoms with Crippen molar-refractivity contribution in [1.82, 2.24) is 5.32 Å². The molecular formula is C16H14Br2N2O. The highest BCUT2D eigenvalue weighted by Crippen LogP contribution is 2.37. The summed E-state index contributed by atoms with van der Waals surface area (Å²) in [6.07, 6.45) is 0. The van der Waals surface area contributed by atoms with Gasteiger partial charge in [-0.3, -0.25) is 10.1 Å². The maximum Gasteiger partial charge on any atom is 0.246 e. The van der Waals surface area contributed by atoms with Gasteiger partial charge in [-0.15, -0.1) is 0 Å². The lowest BCUT2D eigenvalue weighted by Gasteiger charge is -2.19. The second-order valence-corrected chi connectivity index (χ2v) is 6.84. The van der Waals surface area contributed by atoms with E-state index in [1.807, 2.05) is 30.3 Å². The minimum atomic E-state index is -0.343. The van der Waals surface area contributed by atoms with Crippen molar-refractivity contribution in [3.05, 3.63) is 62.5 Å². The third-order valence-electron chi connectivity index (χ3n) is 3.63. The van der Waals surface area contributed by atoms with E-state index in [2.05, 4.69) is 61.5 Å². The van der Waals surface area contributed by atoms with Crippen LogP contribution in [0.2, 0.25) is 0 Å². The van der Waals surface area contributed by atoms with Crippen LogP contribution in [0.5, 0.6) is 0 Å². The average molecular weight is 410 g/mol. The van der Waals surface area contributed by atoms with Crippen LogP contribution in [0.3, 0.4) is 0 Å². The van der Waals surface area contributed by atoms with Gasteiger partial charge in [-0.2, -0.15) is 0 Å². The Kier molecular flexibility index (Phi) is 4.15. The van der Waals surface area contributed by atoms with E-state index < -0.39 is 0 Å². The topological polar surface area (TPSA) is 41.1 Å². The molecule has 1 aliphatic rings. The van der Waals surface area contributed by atoms with Crippen LogP contribution in [0.15, 0.2) is 51.4 Å². The molecule has 0 saturated carbocycles. The molecule has 0 aromatic heterocycles. The number of anilines is 1. The zero-order chi connectivity index (χ0) is 15.0. The molecular weight excluding hydrogens is 396 g/mol. The number of fused-ring (bicyclic) bond motifs is 1. The van der Waals surface area contributed by atoms with Gasteiger partial charge in [0.1, 0.15) is 6.04 Å². The molecule has 2 unspecified atom stereocenters. The van der Waals surface area contributed by atoms with Gasteiger partial charge >= 0.3 is 0 Å². The summed E-state index contributed by atoms with van der Waals surface area (Å²) in [6, 6.07) is 13.6. The zero-order valence-corrected chi connectivity index (χ0v) is 14.5. The predicted octanol–water partition coefficient (Wildman–Crippen LogP) is 4.56. The summed E-state index contributed by atoms with van der Waals surface area (Å²) >= 11 is 7.01. The molecule has 0 bridgehead atoms. The van der Waals surface area contributed by atoms with E-state index in [-0.39, 0.29) is 18.0 Å². The predicted molar refractivity (Wildman–Crippen MR) is 91.2 cm³/mol. The van der Waals surface area contributed by atoms with Gasteiger partial charge < -0.3 is 5.32 Å². The number of rotatable bonds is 3. The first-order valence-electron chi connectivity index (χ1n) is 6.67. The number of nitrogens with one attached hydrogen (secondary N) is 2. The van der Waals surface area contributed by atoms with Crippen molar-refractivity contribution < 1.29 is 4.79 Å². The van der Waals surface area contributed by atoms with Crippen LogP contribution >= 0.6 is 31.9 Å². The van der Waals surface area contributed by atoms with Crippen molar-refractivity contribution >= 4 is 43.5 Å². The summed E-state index contributed by atoms with van der Waals surface area (Å²) in [6.45, 7) is 2.06. The average Bonchev–Trinajstić information content (AvgIpc) is 2.76. The molecule has 1 heterocycles. The van der Waals surface area contributed by atoms with E-state index in [9.17, 15) is 4.79 Å². The molecule has 0 spiro atoms. The smallest absolute Gasteiger partial charge is 0.246 e. The summed E-state index contributed by atoms with van der Waals surface area (Å²) in [7, 11) is 0. The van der Waals surface area contributed by atoms with Crippen molar-refractivity contribution in [3.63, 3.8) is 0 Å². The number of amides is 1. The van der Waals surface area contributed by atoms with Gasteiger partial charge in [-0.1, -0.05) is 50.1 Å². The highest BCUT2D eigenvalue weighted by atomic mass is 79.9. The Labute approximate surface area is 140 Å². The van der Waals surface area contributed by atoms with Gasteiger partial charge in [0.2, 0.25) is 5.91 Å². The molecule has 3 nitrogen and oxygen atoms in total. The molecule has 2 aromatic rings. The van der Waals surface area contributed by atoms with Crippen molar-refractivity contribution in [2.75, 3.05) is 5.32 Å². The summed E-state index contributed by atoms with van der Waals surface area (Å²) in [5.74, 6) is -0.0150. The SMILES string of the molecule is CC(NC1C(=O)Nc2cccc(Br)c21)c1cccc(Br)c1. The van der Waals surface area contributed by atoms with Gasteiger partial charge in [0.15, 0.2) is 0 Å². The van der Waals surface area contributed by atoms with Crippen LogP contribution in [-0.2, 0) is 4.79 Å². The molecule has 1 amide bonds. The highest BCUT2D eigenvalue weighted by molar-refractivity contribution is 9.10. The molecule has 2 aromatic carbocycles. The molecule has 0 fully saturated rings. The first-order valence-corrected chi connectivity index (χ1v) is 8.25. The quantitative estimate of drug-likeness (QED) is 0.780. The fraction of sp³-hybridized carbons (Fsp3) is 0.188. The van der Waals surface area contributed by atoms with Gasteiger partial charge in [0.25, 0.3) is 0 Å². The lowest BCUT2D eigenvalue weighted by Crippen LogP contribution is -2.30. The van der Waals surface area contributed by atoms with Crippen LogP contribution in [0.4, 0.5) is 5.69 Å². The fourth-order valence-electron chi connectivity index (χ4n) is 2.56. The third kappa shape index (κ3) is 2.91. The summed E-state index contributed by atoms with van der Waals surface area (Å²) in [5.41, 5.74) is 2.98. The Balaban J connectivity index is 1.87. The molecule has 3 rings (SSSR count). The summed E-state index contributed by atoms with van der Waals surface area (Å²) in [4.78, 5) is 12.2. The molecule has 5 heteroatoms. The number of benzene rings is 2. The van der Waals surface area contributed by atoms with Crippen molar-refractivity contribution in [2.24, 2.45) is 0 Å². The van der Waals surface area contributed by atoms with E-state index >= 15 is 0 Å². The number of halogens is 2. The first-order chi connectivity index (χ1) is 10.1. The van der Waals surface area contributed by atoms with Crippen LogP contribution < -0.4 is 10.6 Å². The van der Waals surface area contributed by atoms with E-state index in [0.717, 1.165) is 25.8 Å². The normalized spacial score (nSPS) is 18.2. The largest absolute Gasteiger partial charge is 0.324 e. The Morgan fingerprint density at radius 1 is 1.19 bits per heavy atom. The number of carbonyl (C=O) groups is 1. The van der Waals surface area contributed by atoms with Crippen LogP contribution in [0.1, 0.15) is 30.1 Å². The minimum absolute atomic E-state index is 0.0150. The minimum Gasteiger partial charge on any atom is -0.324 e. The van der Waals surface area contributed by atoms with E-state index in [4.69, 9.17) is 0 Å². The Morgan fingerprint density at radius 2 is 1.95 bits per heavy atom. The van der Waals surface area contributed by atoms with Gasteiger partial charge in [-0.25, -0.2) is 0 Å². The highest BCUT2D eigenvalue weighted by Gasteiger charge is 2.33. The van der Waals surface area contributed by atoms with E-state index in [1.165, 1.54) is 0 Å². The maximum atomic E-state index is 12.2. The van der Waals surface area contributed by atoms with Gasteiger partial charge in [0.05, 0.1) is 0 Å². The number of hydrogen-bond acceptors (Lipinski definition) is 2. The summed E-state index contributed by atoms with van der Waals surface area (Å²) < 4.78 is 1.98. The molecule has 21 heavy (non-hydrogen) atoms. The van der Waals surface area contributed by atoms with Gasteiger partial charge in [-0.05, 0) is 36.8 Å². The molecule has 108 valence electrons. The van der Waals surface area contributed by atoms with Crippen molar-refractivity contribution in [2.45, 2.75) is 19.0 Å². The van der Waals surface area contributed by atoms with Gasteiger partial charge in [0, 0.05) is 26.2 Å². The number of carbonyl (C=O) groups excluding carboxylic acids is 1. The van der Waals surface area contributed by atoms with Crippen LogP contribution in [0, 0.1) is 0 Å². The molecule has 1 aliphatic heterocycles. The molecule has 0 aliphatic carbocycles. The standard InChI is InChI=1S/C16H14Br2N2O/c1-9(10-4-2-5-11(17)8-10)19-15-14-12(18)6-3-7-13(14)20-16(15)21/h2-9,15,19H,1H3,(H,20,21). The zero-order valence-electron chi connectivity index (χ0n) is 11.4. The van der Waals surface area contributed by atoms with Crippen molar-refractivity contribution in [1.29, 1.82) is 0 Å². The van der Waals surface area contributed by atoms with E-state index in [1.54, 1.807) is 0 Å². The number of hydrogen-bond donors (Lipinski definition) is 2. The molecule has 2 N–H and O–H groups in total. The lowest BCUT2D eigenvalue weighted by molar-refractivity contribution is -0.117. The maximum absolute atomic E-state index is 12.2. The Hall–Kier alpha value is -1.17. The van der Waals surface area contributed by atoms with Crippen LogP contribution in [-0.4, -0.2) is 5.91 Å². The summed E-state index contributed by atoms with van der Waals surface area (Å²) in [5, 5.41) is 6.32. The monoisotopic (exact) mass is 408 g/mol. The second-order valence-electron chi connectivity index (χ2n) is 5.07. The molecule has 0 radical (unpaired) electrons. The Morgan fingerprint density at radius 3 is 2.71 bits per heavy atom. The van der Waals surface area contributed by atoms with Crippen molar-refractivity contribution in [3.8, 4) is 0 Å². The first kappa shape index (κ1) is 14.8. The van der Waals surface area contributed by atoms with Crippen LogP contribution in [0.25, 0.3) is 0 Å². The molecule has 0 saturated heterocycles. The third-order valence-corrected chi connectivity index (χ3v) is 4.81. The second kappa shape index (κ2) is 5.91. The van der Waals surface area contributed by atoms with E-state index in [0.29, 0.717) is 0 Å². The Bertz CT molecular complexity index is 702. The fourth-order valence-corrected chi connectivity index (χ4v) is 3.57. The molecule has 2 atom stereocenters. The lowest BCUT2D eigenvalue weighted by atomic mass is 10.0.